The van der Waals surface area contributed by atoms with Crippen molar-refractivity contribution in [2.24, 2.45) is 16.6 Å². The average molecular weight is 348 g/mol. The average Bonchev–Trinajstić information content (AvgIpc) is 2.99. The Morgan fingerprint density at radius 3 is 2.79 bits per heavy atom. The SMILES string of the molecule is NC1=NC2(c3cc(-c4cncnc4)c(F)cc3F)COCC2CS1. The first-order valence-electron chi connectivity index (χ1n) is 7.41. The highest BCUT2D eigenvalue weighted by molar-refractivity contribution is 8.13. The van der Waals surface area contributed by atoms with Gasteiger partial charge in [0.1, 0.15) is 23.5 Å². The van der Waals surface area contributed by atoms with Gasteiger partial charge in [-0.25, -0.2) is 23.7 Å². The van der Waals surface area contributed by atoms with Crippen LogP contribution in [0.3, 0.4) is 0 Å². The molecule has 0 amide bonds. The van der Waals surface area contributed by atoms with E-state index in [1.165, 1.54) is 36.5 Å². The second kappa shape index (κ2) is 5.78. The highest BCUT2D eigenvalue weighted by atomic mass is 32.2. The van der Waals surface area contributed by atoms with Crippen molar-refractivity contribution in [1.82, 2.24) is 9.97 Å². The summed E-state index contributed by atoms with van der Waals surface area (Å²) >= 11 is 1.43. The van der Waals surface area contributed by atoms with E-state index in [9.17, 15) is 8.78 Å². The third-order valence-corrected chi connectivity index (χ3v) is 5.41. The number of ether oxygens (including phenoxy) is 1. The molecular formula is C16H14F2N4OS. The molecule has 1 fully saturated rings. The van der Waals surface area contributed by atoms with Crippen molar-refractivity contribution in [2.75, 3.05) is 19.0 Å². The molecule has 0 spiro atoms. The smallest absolute Gasteiger partial charge is 0.154 e. The first kappa shape index (κ1) is 15.5. The van der Waals surface area contributed by atoms with Gasteiger partial charge in [-0.2, -0.15) is 0 Å². The summed E-state index contributed by atoms with van der Waals surface area (Å²) in [7, 11) is 0. The second-order valence-corrected chi connectivity index (χ2v) is 6.88. The van der Waals surface area contributed by atoms with Crippen molar-refractivity contribution in [3.05, 3.63) is 48.1 Å². The summed E-state index contributed by atoms with van der Waals surface area (Å²) in [6, 6.07) is 2.37. The fourth-order valence-corrected chi connectivity index (χ4v) is 4.21. The van der Waals surface area contributed by atoms with E-state index in [-0.39, 0.29) is 18.1 Å². The van der Waals surface area contributed by atoms with Crippen LogP contribution < -0.4 is 5.73 Å². The standard InChI is InChI=1S/C16H14F2N4OS/c17-13-2-14(18)12(1-11(13)9-3-20-8-21-4-9)16-7-23-5-10(16)6-24-15(19)22-16/h1-4,8,10H,5-7H2,(H2,19,22). The van der Waals surface area contributed by atoms with Gasteiger partial charge in [-0.3, -0.25) is 0 Å². The Morgan fingerprint density at radius 2 is 2.00 bits per heavy atom. The highest BCUT2D eigenvalue weighted by Crippen LogP contribution is 2.46. The van der Waals surface area contributed by atoms with Gasteiger partial charge in [-0.15, -0.1) is 0 Å². The Labute approximate surface area is 141 Å². The highest BCUT2D eigenvalue weighted by Gasteiger charge is 2.49. The van der Waals surface area contributed by atoms with Gasteiger partial charge >= 0.3 is 0 Å². The maximum atomic E-state index is 14.6. The minimum atomic E-state index is -0.905. The lowest BCUT2D eigenvalue weighted by molar-refractivity contribution is 0.176. The van der Waals surface area contributed by atoms with Gasteiger partial charge in [-0.05, 0) is 6.07 Å². The number of hydrogen-bond donors (Lipinski definition) is 1. The number of benzene rings is 1. The lowest BCUT2D eigenvalue weighted by Gasteiger charge is -2.34. The molecule has 0 bridgehead atoms. The van der Waals surface area contributed by atoms with Crippen molar-refractivity contribution in [3.63, 3.8) is 0 Å². The number of fused-ring (bicyclic) bond motifs is 1. The van der Waals surface area contributed by atoms with Crippen LogP contribution in [0.1, 0.15) is 5.56 Å². The van der Waals surface area contributed by atoms with E-state index in [4.69, 9.17) is 10.5 Å². The van der Waals surface area contributed by atoms with Gasteiger partial charge in [0.15, 0.2) is 5.17 Å². The maximum Gasteiger partial charge on any atom is 0.154 e. The van der Waals surface area contributed by atoms with Crippen LogP contribution in [0.15, 0.2) is 35.8 Å². The van der Waals surface area contributed by atoms with Crippen molar-refractivity contribution >= 4 is 16.9 Å². The molecule has 2 atom stereocenters. The van der Waals surface area contributed by atoms with E-state index in [0.717, 1.165) is 6.07 Å². The van der Waals surface area contributed by atoms with Gasteiger partial charge < -0.3 is 10.5 Å². The number of thioether (sulfide) groups is 1. The first-order chi connectivity index (χ1) is 11.6. The van der Waals surface area contributed by atoms with E-state index in [1.807, 2.05) is 0 Å². The number of hydrogen-bond acceptors (Lipinski definition) is 6. The lowest BCUT2D eigenvalue weighted by Crippen LogP contribution is -2.40. The van der Waals surface area contributed by atoms with Gasteiger partial charge in [-0.1, -0.05) is 11.8 Å². The predicted molar refractivity (Wildman–Crippen MR) is 87.5 cm³/mol. The molecule has 0 aliphatic carbocycles. The Balaban J connectivity index is 1.91. The molecule has 124 valence electrons. The summed E-state index contributed by atoms with van der Waals surface area (Å²) in [5.41, 5.74) is 5.99. The van der Waals surface area contributed by atoms with Gasteiger partial charge in [0.05, 0.1) is 13.2 Å². The predicted octanol–water partition coefficient (Wildman–Crippen LogP) is 2.33. The van der Waals surface area contributed by atoms with Gasteiger partial charge in [0.2, 0.25) is 0 Å². The molecule has 4 rings (SSSR count). The number of aliphatic imine (C=N–C) groups is 1. The summed E-state index contributed by atoms with van der Waals surface area (Å²) in [6.45, 7) is 0.705. The van der Waals surface area contributed by atoms with E-state index >= 15 is 0 Å². The number of nitrogens with two attached hydrogens (primary N) is 1. The van der Waals surface area contributed by atoms with Crippen molar-refractivity contribution in [1.29, 1.82) is 0 Å². The summed E-state index contributed by atoms with van der Waals surface area (Å²) < 4.78 is 34.5. The monoisotopic (exact) mass is 348 g/mol. The van der Waals surface area contributed by atoms with Crippen LogP contribution in [0, 0.1) is 17.6 Å². The van der Waals surface area contributed by atoms with E-state index in [0.29, 0.717) is 28.7 Å². The summed E-state index contributed by atoms with van der Waals surface area (Å²) in [4.78, 5) is 12.3. The third kappa shape index (κ3) is 2.37. The quantitative estimate of drug-likeness (QED) is 0.902. The Kier molecular flexibility index (Phi) is 3.73. The molecule has 2 aromatic rings. The molecule has 2 aliphatic heterocycles. The fourth-order valence-electron chi connectivity index (χ4n) is 3.23. The molecule has 2 aliphatic rings. The largest absolute Gasteiger partial charge is 0.379 e. The van der Waals surface area contributed by atoms with Crippen molar-refractivity contribution in [2.45, 2.75) is 5.54 Å². The van der Waals surface area contributed by atoms with Crippen LogP contribution in [0.5, 0.6) is 0 Å². The summed E-state index contributed by atoms with van der Waals surface area (Å²) in [6.07, 6.45) is 4.33. The molecular weight excluding hydrogens is 334 g/mol. The number of rotatable bonds is 2. The van der Waals surface area contributed by atoms with Crippen LogP contribution >= 0.6 is 11.8 Å². The molecule has 1 aromatic carbocycles. The van der Waals surface area contributed by atoms with E-state index < -0.39 is 17.2 Å². The van der Waals surface area contributed by atoms with Crippen LogP contribution in [0.25, 0.3) is 11.1 Å². The first-order valence-corrected chi connectivity index (χ1v) is 8.39. The summed E-state index contributed by atoms with van der Waals surface area (Å²) in [5.74, 6) is -0.627. The lowest BCUT2D eigenvalue weighted by atomic mass is 9.80. The zero-order valence-corrected chi connectivity index (χ0v) is 13.4. The van der Waals surface area contributed by atoms with Crippen LogP contribution in [-0.4, -0.2) is 34.1 Å². The molecule has 1 aromatic heterocycles. The number of aromatic nitrogens is 2. The van der Waals surface area contributed by atoms with Gasteiger partial charge in [0.25, 0.3) is 0 Å². The Bertz CT molecular complexity index is 817. The van der Waals surface area contributed by atoms with Crippen LogP contribution in [-0.2, 0) is 10.3 Å². The van der Waals surface area contributed by atoms with Crippen LogP contribution in [0.4, 0.5) is 8.78 Å². The Morgan fingerprint density at radius 1 is 1.21 bits per heavy atom. The van der Waals surface area contributed by atoms with Crippen LogP contribution in [0.2, 0.25) is 0 Å². The second-order valence-electron chi connectivity index (χ2n) is 5.84. The Hall–Kier alpha value is -2.06. The molecule has 8 heteroatoms. The normalized spacial score (nSPS) is 26.1. The molecule has 0 saturated carbocycles. The number of amidine groups is 1. The topological polar surface area (TPSA) is 73.4 Å². The van der Waals surface area contributed by atoms with E-state index in [2.05, 4.69) is 15.0 Å². The van der Waals surface area contributed by atoms with Crippen molar-refractivity contribution < 1.29 is 13.5 Å². The fraction of sp³-hybridized carbons (Fsp3) is 0.312. The molecule has 2 unspecified atom stereocenters. The minimum absolute atomic E-state index is 0.00497. The van der Waals surface area contributed by atoms with E-state index in [1.54, 1.807) is 0 Å². The zero-order chi connectivity index (χ0) is 16.7. The minimum Gasteiger partial charge on any atom is -0.379 e. The third-order valence-electron chi connectivity index (χ3n) is 4.45. The van der Waals surface area contributed by atoms with Crippen molar-refractivity contribution in [3.8, 4) is 11.1 Å². The maximum absolute atomic E-state index is 14.6. The number of halogens is 2. The van der Waals surface area contributed by atoms with Gasteiger partial charge in [0, 0.05) is 46.8 Å². The summed E-state index contributed by atoms with van der Waals surface area (Å²) in [5, 5.41) is 0.394. The molecule has 5 nitrogen and oxygen atoms in total. The molecule has 0 radical (unpaired) electrons. The molecule has 3 heterocycles. The molecule has 24 heavy (non-hydrogen) atoms. The molecule has 2 N–H and O–H groups in total. The molecule has 1 saturated heterocycles. The zero-order valence-electron chi connectivity index (χ0n) is 12.6. The number of nitrogens with zero attached hydrogens (tertiary/aromatic N) is 3.